The van der Waals surface area contributed by atoms with Gasteiger partial charge in [-0.05, 0) is 12.1 Å². The molecule has 0 saturated carbocycles. The van der Waals surface area contributed by atoms with Crippen LogP contribution < -0.4 is 5.32 Å². The van der Waals surface area contributed by atoms with E-state index in [1.807, 2.05) is 0 Å². The number of nitrogens with zero attached hydrogens (tertiary/aromatic N) is 1. The number of aromatic nitrogens is 1. The van der Waals surface area contributed by atoms with E-state index in [2.05, 4.69) is 10.3 Å². The van der Waals surface area contributed by atoms with Crippen molar-refractivity contribution in [1.82, 2.24) is 4.98 Å². The van der Waals surface area contributed by atoms with E-state index >= 15 is 0 Å². The highest BCUT2D eigenvalue weighted by Crippen LogP contribution is 2.32. The standard InChI is InChI=1S/C13H10N2O8S/c16-6-3-7(11(17)10(4-6)24(21,22)23)12(18)15-9-1-2-14-5-8(9)13(19)20/h1-5,16-17H,(H,19,20)(H,14,15,18)(H,21,22,23). The van der Waals surface area contributed by atoms with Gasteiger partial charge in [-0.25, -0.2) is 4.79 Å². The molecule has 1 heterocycles. The number of phenols is 2. The molecule has 0 fully saturated rings. The summed E-state index contributed by atoms with van der Waals surface area (Å²) in [6, 6.07) is 2.47. The Morgan fingerprint density at radius 3 is 2.38 bits per heavy atom. The summed E-state index contributed by atoms with van der Waals surface area (Å²) in [6.07, 6.45) is 2.18. The van der Waals surface area contributed by atoms with Crippen molar-refractivity contribution >= 4 is 27.7 Å². The second kappa shape index (κ2) is 6.14. The topological polar surface area (TPSA) is 174 Å². The first kappa shape index (κ1) is 17.2. The fourth-order valence-corrected chi connectivity index (χ4v) is 2.45. The van der Waals surface area contributed by atoms with E-state index in [1.165, 1.54) is 12.3 Å². The smallest absolute Gasteiger partial charge is 0.339 e. The number of phenolic OH excluding ortho intramolecular Hbond substituents is 2. The van der Waals surface area contributed by atoms with Crippen LogP contribution in [0.5, 0.6) is 11.5 Å². The summed E-state index contributed by atoms with van der Waals surface area (Å²) in [6.45, 7) is 0. The number of carbonyl (C=O) groups is 2. The van der Waals surface area contributed by atoms with Crippen LogP contribution in [0.4, 0.5) is 5.69 Å². The number of benzene rings is 1. The SMILES string of the molecule is O=C(O)c1cnccc1NC(=O)c1cc(O)cc(S(=O)(=O)O)c1O. The maximum atomic E-state index is 12.2. The summed E-state index contributed by atoms with van der Waals surface area (Å²) < 4.78 is 31.3. The number of rotatable bonds is 4. The number of pyridine rings is 1. The van der Waals surface area contributed by atoms with Crippen molar-refractivity contribution in [3.8, 4) is 11.5 Å². The highest BCUT2D eigenvalue weighted by Gasteiger charge is 2.24. The Hall–Kier alpha value is -3.18. The van der Waals surface area contributed by atoms with Crippen LogP contribution in [0.2, 0.25) is 0 Å². The number of hydrogen-bond acceptors (Lipinski definition) is 7. The molecule has 10 nitrogen and oxygen atoms in total. The average molecular weight is 354 g/mol. The molecule has 2 aromatic rings. The van der Waals surface area contributed by atoms with Crippen LogP contribution in [0.25, 0.3) is 0 Å². The van der Waals surface area contributed by atoms with Gasteiger partial charge in [0.2, 0.25) is 0 Å². The number of nitrogens with one attached hydrogen (secondary N) is 1. The second-order valence-electron chi connectivity index (χ2n) is 4.50. The third-order valence-corrected chi connectivity index (χ3v) is 3.75. The number of hydrogen-bond donors (Lipinski definition) is 5. The van der Waals surface area contributed by atoms with E-state index in [0.717, 1.165) is 12.3 Å². The van der Waals surface area contributed by atoms with Crippen molar-refractivity contribution in [2.45, 2.75) is 4.90 Å². The summed E-state index contributed by atoms with van der Waals surface area (Å²) in [7, 11) is -4.90. The molecule has 11 heteroatoms. The third-order valence-electron chi connectivity index (χ3n) is 2.88. The van der Waals surface area contributed by atoms with Crippen molar-refractivity contribution in [2.75, 3.05) is 5.32 Å². The van der Waals surface area contributed by atoms with Gasteiger partial charge in [0.15, 0.2) is 0 Å². The highest BCUT2D eigenvalue weighted by molar-refractivity contribution is 7.86. The predicted molar refractivity (Wildman–Crippen MR) is 78.7 cm³/mol. The molecule has 0 radical (unpaired) electrons. The van der Waals surface area contributed by atoms with Gasteiger partial charge in [0.1, 0.15) is 22.0 Å². The van der Waals surface area contributed by atoms with Gasteiger partial charge >= 0.3 is 5.97 Å². The van der Waals surface area contributed by atoms with Crippen molar-refractivity contribution < 1.29 is 37.9 Å². The molecule has 1 aromatic heterocycles. The van der Waals surface area contributed by atoms with Gasteiger partial charge in [-0.2, -0.15) is 8.42 Å². The van der Waals surface area contributed by atoms with Crippen LogP contribution in [0.3, 0.4) is 0 Å². The lowest BCUT2D eigenvalue weighted by atomic mass is 10.1. The van der Waals surface area contributed by atoms with Gasteiger partial charge in [-0.3, -0.25) is 14.3 Å². The van der Waals surface area contributed by atoms with Gasteiger partial charge in [0, 0.05) is 18.5 Å². The minimum atomic E-state index is -4.90. The quantitative estimate of drug-likeness (QED) is 0.391. The van der Waals surface area contributed by atoms with Gasteiger partial charge in [0.25, 0.3) is 16.0 Å². The van der Waals surface area contributed by atoms with Crippen molar-refractivity contribution in [3.05, 3.63) is 41.7 Å². The lowest BCUT2D eigenvalue weighted by Gasteiger charge is -2.11. The van der Waals surface area contributed by atoms with E-state index < -0.39 is 44.0 Å². The molecule has 1 aromatic carbocycles. The Morgan fingerprint density at radius 2 is 1.79 bits per heavy atom. The summed E-state index contributed by atoms with van der Waals surface area (Å²) in [5.74, 6) is -4.29. The number of anilines is 1. The number of aromatic hydroxyl groups is 2. The Bertz CT molecular complexity index is 939. The summed E-state index contributed by atoms with van der Waals surface area (Å²) >= 11 is 0. The van der Waals surface area contributed by atoms with Crippen LogP contribution in [0.1, 0.15) is 20.7 Å². The lowest BCUT2D eigenvalue weighted by Crippen LogP contribution is -2.16. The van der Waals surface area contributed by atoms with E-state index in [9.17, 15) is 28.2 Å². The number of carboxylic acids is 1. The molecular formula is C13H10N2O8S. The molecule has 126 valence electrons. The van der Waals surface area contributed by atoms with E-state index in [4.69, 9.17) is 9.66 Å². The Labute approximate surface area is 134 Å². The molecule has 0 saturated heterocycles. The lowest BCUT2D eigenvalue weighted by molar-refractivity contribution is 0.0697. The van der Waals surface area contributed by atoms with Crippen molar-refractivity contribution in [1.29, 1.82) is 0 Å². The predicted octanol–water partition coefficient (Wildman–Crippen LogP) is 0.690. The fourth-order valence-electron chi connectivity index (χ4n) is 1.83. The Morgan fingerprint density at radius 1 is 1.12 bits per heavy atom. The fraction of sp³-hybridized carbons (Fsp3) is 0. The molecule has 0 unspecified atom stereocenters. The number of carbonyl (C=O) groups excluding carboxylic acids is 1. The minimum Gasteiger partial charge on any atom is -0.508 e. The zero-order chi connectivity index (χ0) is 18.1. The molecule has 0 aliphatic rings. The van der Waals surface area contributed by atoms with E-state index in [0.29, 0.717) is 6.07 Å². The van der Waals surface area contributed by atoms with Gasteiger partial charge < -0.3 is 20.6 Å². The van der Waals surface area contributed by atoms with Crippen LogP contribution >= 0.6 is 0 Å². The van der Waals surface area contributed by atoms with Crippen molar-refractivity contribution in [3.63, 3.8) is 0 Å². The Kier molecular flexibility index (Phi) is 4.39. The van der Waals surface area contributed by atoms with Crippen molar-refractivity contribution in [2.24, 2.45) is 0 Å². The van der Waals surface area contributed by atoms with E-state index in [1.54, 1.807) is 0 Å². The summed E-state index contributed by atoms with van der Waals surface area (Å²) in [5.41, 5.74) is -1.20. The normalized spacial score (nSPS) is 11.0. The number of aromatic carboxylic acids is 1. The second-order valence-corrected chi connectivity index (χ2v) is 5.89. The van der Waals surface area contributed by atoms with Crippen LogP contribution in [0, 0.1) is 0 Å². The summed E-state index contributed by atoms with van der Waals surface area (Å²) in [4.78, 5) is 25.7. The van der Waals surface area contributed by atoms with Crippen LogP contribution in [-0.2, 0) is 10.1 Å². The first-order valence-electron chi connectivity index (χ1n) is 6.13. The van der Waals surface area contributed by atoms with Gasteiger partial charge in [-0.15, -0.1) is 0 Å². The average Bonchev–Trinajstić information content (AvgIpc) is 2.48. The molecule has 1 amide bonds. The Balaban J connectivity index is 2.49. The molecule has 2 rings (SSSR count). The first-order chi connectivity index (χ1) is 11.1. The molecule has 0 aliphatic heterocycles. The zero-order valence-corrected chi connectivity index (χ0v) is 12.5. The van der Waals surface area contributed by atoms with E-state index in [-0.39, 0.29) is 11.3 Å². The maximum absolute atomic E-state index is 12.2. The van der Waals surface area contributed by atoms with Crippen LogP contribution in [0.15, 0.2) is 35.5 Å². The number of amides is 1. The highest BCUT2D eigenvalue weighted by atomic mass is 32.2. The summed E-state index contributed by atoms with van der Waals surface area (Å²) in [5, 5.41) is 30.5. The molecular weight excluding hydrogens is 344 g/mol. The molecule has 0 bridgehead atoms. The van der Waals surface area contributed by atoms with Crippen LogP contribution in [-0.4, -0.2) is 45.2 Å². The van der Waals surface area contributed by atoms with Gasteiger partial charge in [-0.1, -0.05) is 0 Å². The largest absolute Gasteiger partial charge is 0.508 e. The zero-order valence-electron chi connectivity index (χ0n) is 11.7. The minimum absolute atomic E-state index is 0.168. The molecule has 0 atom stereocenters. The monoisotopic (exact) mass is 354 g/mol. The van der Waals surface area contributed by atoms with Gasteiger partial charge in [0.05, 0.1) is 11.3 Å². The molecule has 0 aliphatic carbocycles. The molecule has 24 heavy (non-hydrogen) atoms. The molecule has 0 spiro atoms. The third kappa shape index (κ3) is 3.42. The maximum Gasteiger partial charge on any atom is 0.339 e. The number of carboxylic acid groups (broad SMARTS) is 1. The first-order valence-corrected chi connectivity index (χ1v) is 7.57. The molecule has 5 N–H and O–H groups in total.